The predicted octanol–water partition coefficient (Wildman–Crippen LogP) is 2.95. The van der Waals surface area contributed by atoms with E-state index in [2.05, 4.69) is 15.4 Å². The van der Waals surface area contributed by atoms with E-state index in [4.69, 9.17) is 19.4 Å². The van der Waals surface area contributed by atoms with Crippen molar-refractivity contribution in [2.24, 2.45) is 5.73 Å². The van der Waals surface area contributed by atoms with Crippen molar-refractivity contribution in [2.75, 3.05) is 11.4 Å². The Morgan fingerprint density at radius 2 is 1.90 bits per heavy atom. The number of nitrogens with two attached hydrogens (primary N) is 1. The van der Waals surface area contributed by atoms with E-state index in [0.717, 1.165) is 11.3 Å². The van der Waals surface area contributed by atoms with Gasteiger partial charge in [0.1, 0.15) is 22.8 Å². The molecular weight excluding hydrogens is 398 g/mol. The van der Waals surface area contributed by atoms with E-state index in [-0.39, 0.29) is 6.54 Å². The van der Waals surface area contributed by atoms with Gasteiger partial charge in [-0.2, -0.15) is 0 Å². The topological polar surface area (TPSA) is 121 Å². The molecule has 2 aromatic heterocycles. The van der Waals surface area contributed by atoms with Gasteiger partial charge in [0.05, 0.1) is 18.8 Å². The molecule has 0 fully saturated rings. The maximum Gasteiger partial charge on any atom is 0.260 e. The summed E-state index contributed by atoms with van der Waals surface area (Å²) in [4.78, 5) is 13.7. The summed E-state index contributed by atoms with van der Waals surface area (Å²) in [5.41, 5.74) is 8.48. The van der Waals surface area contributed by atoms with Gasteiger partial charge >= 0.3 is 0 Å². The van der Waals surface area contributed by atoms with Crippen molar-refractivity contribution >= 4 is 11.6 Å². The number of ether oxygens (including phenoxy) is 1. The molecule has 4 aromatic rings. The molecule has 1 aliphatic heterocycles. The quantitative estimate of drug-likeness (QED) is 0.526. The lowest BCUT2D eigenvalue weighted by Gasteiger charge is -2.34. The molecule has 0 saturated carbocycles. The molecule has 1 atom stereocenters. The Morgan fingerprint density at radius 3 is 2.71 bits per heavy atom. The number of carbonyl (C=O) groups is 1. The van der Waals surface area contributed by atoms with Crippen molar-refractivity contribution < 1.29 is 18.5 Å². The van der Waals surface area contributed by atoms with E-state index >= 15 is 0 Å². The molecule has 9 heteroatoms. The van der Waals surface area contributed by atoms with Crippen molar-refractivity contribution in [1.82, 2.24) is 15.4 Å². The van der Waals surface area contributed by atoms with Crippen LogP contribution in [-0.2, 0) is 11.3 Å². The van der Waals surface area contributed by atoms with Crippen molar-refractivity contribution in [3.8, 4) is 28.5 Å². The minimum atomic E-state index is -0.762. The van der Waals surface area contributed by atoms with Gasteiger partial charge in [-0.25, -0.2) is 0 Å². The third-order valence-corrected chi connectivity index (χ3v) is 5.10. The Morgan fingerprint density at radius 1 is 1.13 bits per heavy atom. The number of nitrogens with zero attached hydrogens (tertiary/aromatic N) is 4. The molecule has 3 heterocycles. The molecule has 1 amide bonds. The maximum atomic E-state index is 11.7. The van der Waals surface area contributed by atoms with Crippen LogP contribution < -0.4 is 15.4 Å². The second kappa shape index (κ2) is 7.60. The van der Waals surface area contributed by atoms with Gasteiger partial charge in [0.15, 0.2) is 6.10 Å². The number of para-hydroxylation sites is 2. The van der Waals surface area contributed by atoms with E-state index in [1.54, 1.807) is 13.0 Å². The highest BCUT2D eigenvalue weighted by Crippen LogP contribution is 2.36. The number of fused-ring (bicyclic) bond motifs is 1. The summed E-state index contributed by atoms with van der Waals surface area (Å²) >= 11 is 0. The standard InChI is InChI=1S/C22H19N5O4/c1-13-19(20(26-31-13)14-7-3-2-4-8-14)22-25-24-18(30-22)12-27-11-17(21(23)28)29-16-10-6-5-9-15(16)27/h2-10,17H,11-12H2,1H3,(H2,23,28). The Labute approximate surface area is 177 Å². The van der Waals surface area contributed by atoms with Crippen LogP contribution in [0, 0.1) is 6.92 Å². The van der Waals surface area contributed by atoms with Crippen molar-refractivity contribution in [1.29, 1.82) is 0 Å². The normalized spacial score (nSPS) is 15.4. The first-order valence-corrected chi connectivity index (χ1v) is 9.74. The smallest absolute Gasteiger partial charge is 0.260 e. The average molecular weight is 417 g/mol. The Balaban J connectivity index is 1.45. The van der Waals surface area contributed by atoms with Crippen LogP contribution >= 0.6 is 0 Å². The molecule has 1 unspecified atom stereocenters. The summed E-state index contributed by atoms with van der Waals surface area (Å²) in [7, 11) is 0. The van der Waals surface area contributed by atoms with Crippen LogP contribution in [0.4, 0.5) is 5.69 Å². The molecule has 0 bridgehead atoms. The lowest BCUT2D eigenvalue weighted by atomic mass is 10.1. The number of benzene rings is 2. The van der Waals surface area contributed by atoms with Crippen LogP contribution in [0.15, 0.2) is 63.5 Å². The monoisotopic (exact) mass is 417 g/mol. The first-order chi connectivity index (χ1) is 15.1. The highest BCUT2D eigenvalue weighted by molar-refractivity contribution is 5.81. The number of primary amides is 1. The van der Waals surface area contributed by atoms with E-state index < -0.39 is 12.0 Å². The van der Waals surface area contributed by atoms with Crippen molar-refractivity contribution in [3.63, 3.8) is 0 Å². The summed E-state index contributed by atoms with van der Waals surface area (Å²) in [6, 6.07) is 17.1. The van der Waals surface area contributed by atoms with Crippen LogP contribution in [0.25, 0.3) is 22.7 Å². The maximum absolute atomic E-state index is 11.7. The molecule has 9 nitrogen and oxygen atoms in total. The molecule has 0 radical (unpaired) electrons. The van der Waals surface area contributed by atoms with E-state index in [1.165, 1.54) is 0 Å². The fourth-order valence-electron chi connectivity index (χ4n) is 3.60. The summed E-state index contributed by atoms with van der Waals surface area (Å²) in [5, 5.41) is 12.6. The highest BCUT2D eigenvalue weighted by Gasteiger charge is 2.30. The molecule has 156 valence electrons. The van der Waals surface area contributed by atoms with Gasteiger partial charge in [-0.15, -0.1) is 10.2 Å². The van der Waals surface area contributed by atoms with Crippen molar-refractivity contribution in [2.45, 2.75) is 19.6 Å². The minimum absolute atomic E-state index is 0.283. The molecule has 0 aliphatic carbocycles. The molecule has 1 aliphatic rings. The largest absolute Gasteiger partial charge is 0.477 e. The third-order valence-electron chi connectivity index (χ3n) is 5.10. The van der Waals surface area contributed by atoms with Crippen LogP contribution in [0.2, 0.25) is 0 Å². The number of hydrogen-bond acceptors (Lipinski definition) is 8. The van der Waals surface area contributed by atoms with E-state index in [1.807, 2.05) is 53.4 Å². The number of amides is 1. The first kappa shape index (κ1) is 18.9. The molecular formula is C22H19N5O4. The number of carbonyl (C=O) groups excluding carboxylic acids is 1. The second-order valence-electron chi connectivity index (χ2n) is 7.19. The van der Waals surface area contributed by atoms with Gasteiger partial charge in [-0.3, -0.25) is 4.79 Å². The minimum Gasteiger partial charge on any atom is -0.477 e. The molecule has 2 N–H and O–H groups in total. The van der Waals surface area contributed by atoms with E-state index in [9.17, 15) is 4.79 Å². The molecule has 2 aromatic carbocycles. The van der Waals surface area contributed by atoms with Crippen molar-refractivity contribution in [3.05, 3.63) is 66.2 Å². The Hall–Kier alpha value is -4.14. The average Bonchev–Trinajstić information content (AvgIpc) is 3.40. The zero-order chi connectivity index (χ0) is 21.4. The first-order valence-electron chi connectivity index (χ1n) is 9.74. The molecule has 5 rings (SSSR count). The fourth-order valence-corrected chi connectivity index (χ4v) is 3.60. The molecule has 31 heavy (non-hydrogen) atoms. The molecule has 0 saturated heterocycles. The lowest BCUT2D eigenvalue weighted by Crippen LogP contribution is -2.47. The Kier molecular flexibility index (Phi) is 4.62. The van der Waals surface area contributed by atoms with Gasteiger partial charge in [0, 0.05) is 5.56 Å². The highest BCUT2D eigenvalue weighted by atomic mass is 16.5. The van der Waals surface area contributed by atoms with Crippen LogP contribution in [0.1, 0.15) is 11.7 Å². The third kappa shape index (κ3) is 3.50. The zero-order valence-electron chi connectivity index (χ0n) is 16.7. The van der Waals surface area contributed by atoms with Crippen LogP contribution in [-0.4, -0.2) is 33.9 Å². The second-order valence-corrected chi connectivity index (χ2v) is 7.19. The van der Waals surface area contributed by atoms with Crippen LogP contribution in [0.5, 0.6) is 5.75 Å². The van der Waals surface area contributed by atoms with Gasteiger partial charge in [0.2, 0.25) is 5.89 Å². The van der Waals surface area contributed by atoms with E-state index in [0.29, 0.717) is 41.1 Å². The summed E-state index contributed by atoms with van der Waals surface area (Å²) in [5.74, 6) is 1.34. The molecule has 0 spiro atoms. The van der Waals surface area contributed by atoms with Gasteiger partial charge < -0.3 is 24.3 Å². The van der Waals surface area contributed by atoms with Crippen LogP contribution in [0.3, 0.4) is 0 Å². The lowest BCUT2D eigenvalue weighted by molar-refractivity contribution is -0.124. The fraction of sp³-hybridized carbons (Fsp3) is 0.182. The van der Waals surface area contributed by atoms with Gasteiger partial charge in [-0.1, -0.05) is 47.6 Å². The number of anilines is 1. The number of aromatic nitrogens is 3. The van der Waals surface area contributed by atoms with Gasteiger partial charge in [-0.05, 0) is 19.1 Å². The Bertz CT molecular complexity index is 1230. The SMILES string of the molecule is Cc1onc(-c2ccccc2)c1-c1nnc(CN2CC(C(N)=O)Oc3ccccc32)o1. The number of hydrogen-bond donors (Lipinski definition) is 1. The zero-order valence-corrected chi connectivity index (χ0v) is 16.7. The predicted molar refractivity (Wildman–Crippen MR) is 111 cm³/mol. The summed E-state index contributed by atoms with van der Waals surface area (Å²) in [6.07, 6.45) is -0.762. The summed E-state index contributed by atoms with van der Waals surface area (Å²) < 4.78 is 17.1. The summed E-state index contributed by atoms with van der Waals surface area (Å²) in [6.45, 7) is 2.38. The van der Waals surface area contributed by atoms with Gasteiger partial charge in [0.25, 0.3) is 11.8 Å². The number of aryl methyl sites for hydroxylation is 1. The number of rotatable bonds is 5.